The van der Waals surface area contributed by atoms with E-state index in [2.05, 4.69) is 15.9 Å². The predicted molar refractivity (Wildman–Crippen MR) is 106 cm³/mol. The molecule has 0 aliphatic heterocycles. The number of carbonyl (C=O) groups excluding carboxylic acids is 1. The number of allylic oxidation sites excluding steroid dienone is 1. The number of halogens is 2. The lowest BCUT2D eigenvalue weighted by atomic mass is 10.1. The fourth-order valence-corrected chi connectivity index (χ4v) is 3.63. The van der Waals surface area contributed by atoms with E-state index in [0.29, 0.717) is 11.3 Å². The highest BCUT2D eigenvalue weighted by atomic mass is 79.9. The molecule has 0 N–H and O–H groups in total. The molecule has 0 spiro atoms. The summed E-state index contributed by atoms with van der Waals surface area (Å²) < 4.78 is 25.1. The standard InChI is InChI=1S/C22H19BrFNO3/c1-22(2)16(10-11-23)20(22)21(26)28-19(13-25)14-8-9-17(24)18(12-14)27-15-6-4-3-5-7-15/h3-12,16,19-20H,1-2H3/b11-10-. The van der Waals surface area contributed by atoms with Crippen LogP contribution in [0.1, 0.15) is 25.5 Å². The number of rotatable bonds is 6. The molecule has 144 valence electrons. The van der Waals surface area contributed by atoms with E-state index in [9.17, 15) is 14.4 Å². The molecule has 1 fully saturated rings. The van der Waals surface area contributed by atoms with Crippen molar-refractivity contribution in [1.29, 1.82) is 5.26 Å². The molecule has 2 aromatic carbocycles. The lowest BCUT2D eigenvalue weighted by Crippen LogP contribution is -2.14. The Hall–Kier alpha value is -2.65. The van der Waals surface area contributed by atoms with Gasteiger partial charge in [0.25, 0.3) is 0 Å². The van der Waals surface area contributed by atoms with Gasteiger partial charge < -0.3 is 9.47 Å². The number of benzene rings is 2. The van der Waals surface area contributed by atoms with E-state index in [-0.39, 0.29) is 23.0 Å². The summed E-state index contributed by atoms with van der Waals surface area (Å²) in [6.45, 7) is 3.95. The molecule has 2 aromatic rings. The van der Waals surface area contributed by atoms with E-state index < -0.39 is 17.9 Å². The van der Waals surface area contributed by atoms with Crippen LogP contribution in [0.3, 0.4) is 0 Å². The van der Waals surface area contributed by atoms with Gasteiger partial charge in [0.15, 0.2) is 11.6 Å². The van der Waals surface area contributed by atoms with E-state index >= 15 is 0 Å². The van der Waals surface area contributed by atoms with Gasteiger partial charge in [-0.05, 0) is 40.6 Å². The first kappa shape index (κ1) is 20.1. The summed E-state index contributed by atoms with van der Waals surface area (Å²) >= 11 is 3.23. The van der Waals surface area contributed by atoms with Crippen LogP contribution in [0.4, 0.5) is 4.39 Å². The minimum atomic E-state index is -1.14. The molecular weight excluding hydrogens is 425 g/mol. The van der Waals surface area contributed by atoms with E-state index in [1.165, 1.54) is 18.2 Å². The monoisotopic (exact) mass is 443 g/mol. The van der Waals surface area contributed by atoms with Crippen molar-refractivity contribution in [3.05, 3.63) is 71.0 Å². The molecule has 1 aliphatic rings. The third kappa shape index (κ3) is 4.10. The molecule has 0 aromatic heterocycles. The van der Waals surface area contributed by atoms with Gasteiger partial charge >= 0.3 is 5.97 Å². The molecule has 28 heavy (non-hydrogen) atoms. The normalized spacial score (nSPS) is 21.0. The Morgan fingerprint density at radius 3 is 2.64 bits per heavy atom. The average Bonchev–Trinajstić information content (AvgIpc) is 3.23. The second-order valence-corrected chi connectivity index (χ2v) is 7.72. The smallest absolute Gasteiger partial charge is 0.311 e. The maximum absolute atomic E-state index is 14.1. The number of para-hydroxylation sites is 1. The number of hydrogen-bond acceptors (Lipinski definition) is 4. The van der Waals surface area contributed by atoms with Gasteiger partial charge in [-0.3, -0.25) is 4.79 Å². The molecule has 3 unspecified atom stereocenters. The SMILES string of the molecule is CC1(C)C(/C=C\Br)C1C(=O)OC(C#N)c1ccc(F)c(Oc2ccccc2)c1. The van der Waals surface area contributed by atoms with Crippen LogP contribution in [-0.4, -0.2) is 5.97 Å². The van der Waals surface area contributed by atoms with Crippen molar-refractivity contribution >= 4 is 21.9 Å². The van der Waals surface area contributed by atoms with Gasteiger partial charge in [-0.2, -0.15) is 5.26 Å². The molecule has 3 atom stereocenters. The minimum Gasteiger partial charge on any atom is -0.454 e. The maximum Gasteiger partial charge on any atom is 0.311 e. The zero-order valence-electron chi connectivity index (χ0n) is 15.4. The molecule has 0 heterocycles. The van der Waals surface area contributed by atoms with Gasteiger partial charge in [0.1, 0.15) is 11.8 Å². The van der Waals surface area contributed by atoms with Gasteiger partial charge in [0.05, 0.1) is 5.92 Å². The minimum absolute atomic E-state index is 0.0353. The van der Waals surface area contributed by atoms with Crippen LogP contribution in [0.2, 0.25) is 0 Å². The third-order valence-corrected chi connectivity index (χ3v) is 5.33. The van der Waals surface area contributed by atoms with Crippen LogP contribution in [0.5, 0.6) is 11.5 Å². The fourth-order valence-electron chi connectivity index (χ4n) is 3.30. The number of nitriles is 1. The molecule has 3 rings (SSSR count). The summed E-state index contributed by atoms with van der Waals surface area (Å²) in [6, 6.07) is 14.7. The number of esters is 1. The first-order valence-electron chi connectivity index (χ1n) is 8.78. The van der Waals surface area contributed by atoms with E-state index in [1.807, 2.05) is 32.1 Å². The van der Waals surface area contributed by atoms with Crippen LogP contribution in [0.15, 0.2) is 59.6 Å². The van der Waals surface area contributed by atoms with Crippen LogP contribution in [0.25, 0.3) is 0 Å². The first-order valence-corrected chi connectivity index (χ1v) is 9.69. The number of hydrogen-bond donors (Lipinski definition) is 0. The topological polar surface area (TPSA) is 59.3 Å². The molecule has 6 heteroatoms. The lowest BCUT2D eigenvalue weighted by Gasteiger charge is -2.14. The molecule has 0 saturated heterocycles. The Balaban J connectivity index is 1.77. The van der Waals surface area contributed by atoms with Crippen LogP contribution in [0, 0.1) is 34.4 Å². The zero-order chi connectivity index (χ0) is 20.3. The van der Waals surface area contributed by atoms with Crippen LogP contribution < -0.4 is 4.74 Å². The Bertz CT molecular complexity index is 937. The highest BCUT2D eigenvalue weighted by molar-refractivity contribution is 9.11. The van der Waals surface area contributed by atoms with Crippen molar-refractivity contribution in [3.63, 3.8) is 0 Å². The molecule has 1 aliphatic carbocycles. The third-order valence-electron chi connectivity index (χ3n) is 5.02. The summed E-state index contributed by atoms with van der Waals surface area (Å²) in [5, 5.41) is 9.50. The molecular formula is C22H19BrFNO3. The van der Waals surface area contributed by atoms with Gasteiger partial charge in [0.2, 0.25) is 6.10 Å². The Morgan fingerprint density at radius 1 is 1.29 bits per heavy atom. The Labute approximate surface area is 171 Å². The second-order valence-electron chi connectivity index (χ2n) is 7.19. The van der Waals surface area contributed by atoms with Gasteiger partial charge in [-0.15, -0.1) is 0 Å². The highest BCUT2D eigenvalue weighted by Crippen LogP contribution is 2.59. The summed E-state index contributed by atoms with van der Waals surface area (Å²) in [5.74, 6) is -0.856. The molecule has 0 amide bonds. The number of carbonyl (C=O) groups is 1. The quantitative estimate of drug-likeness (QED) is 0.520. The summed E-state index contributed by atoms with van der Waals surface area (Å²) in [4.78, 5) is 14.3. The maximum atomic E-state index is 14.1. The summed E-state index contributed by atoms with van der Waals surface area (Å²) in [7, 11) is 0. The van der Waals surface area contributed by atoms with Crippen molar-refractivity contribution in [2.24, 2.45) is 17.3 Å². The molecule has 4 nitrogen and oxygen atoms in total. The Morgan fingerprint density at radius 2 is 2.00 bits per heavy atom. The van der Waals surface area contributed by atoms with Gasteiger partial charge in [-0.25, -0.2) is 4.39 Å². The average molecular weight is 444 g/mol. The zero-order valence-corrected chi connectivity index (χ0v) is 17.0. The lowest BCUT2D eigenvalue weighted by molar-refractivity contribution is -0.149. The Kier molecular flexibility index (Phi) is 5.85. The number of ether oxygens (including phenoxy) is 2. The molecule has 0 radical (unpaired) electrons. The van der Waals surface area contributed by atoms with Gasteiger partial charge in [0, 0.05) is 5.56 Å². The second kappa shape index (κ2) is 8.15. The van der Waals surface area contributed by atoms with Crippen molar-refractivity contribution in [1.82, 2.24) is 0 Å². The van der Waals surface area contributed by atoms with Crippen molar-refractivity contribution < 1.29 is 18.7 Å². The first-order chi connectivity index (χ1) is 13.4. The number of nitrogens with zero attached hydrogens (tertiary/aromatic N) is 1. The van der Waals surface area contributed by atoms with E-state index in [1.54, 1.807) is 29.3 Å². The molecule has 1 saturated carbocycles. The largest absolute Gasteiger partial charge is 0.454 e. The summed E-state index contributed by atoms with van der Waals surface area (Å²) in [6.07, 6.45) is 0.757. The summed E-state index contributed by atoms with van der Waals surface area (Å²) in [5.41, 5.74) is 0.125. The van der Waals surface area contributed by atoms with Gasteiger partial charge in [-0.1, -0.05) is 60.1 Å². The van der Waals surface area contributed by atoms with Crippen molar-refractivity contribution in [2.45, 2.75) is 20.0 Å². The fraction of sp³-hybridized carbons (Fsp3) is 0.273. The highest BCUT2D eigenvalue weighted by Gasteiger charge is 2.61. The van der Waals surface area contributed by atoms with Crippen molar-refractivity contribution in [3.8, 4) is 17.6 Å². The molecule has 0 bridgehead atoms. The predicted octanol–water partition coefficient (Wildman–Crippen LogP) is 5.91. The van der Waals surface area contributed by atoms with E-state index in [0.717, 1.165) is 0 Å². The van der Waals surface area contributed by atoms with E-state index in [4.69, 9.17) is 9.47 Å². The van der Waals surface area contributed by atoms with Crippen LogP contribution >= 0.6 is 15.9 Å². The van der Waals surface area contributed by atoms with Crippen molar-refractivity contribution in [2.75, 3.05) is 0 Å². The van der Waals surface area contributed by atoms with Crippen LogP contribution in [-0.2, 0) is 9.53 Å².